The van der Waals surface area contributed by atoms with Crippen LogP contribution in [0.1, 0.15) is 48.0 Å². The molecule has 3 unspecified atom stereocenters. The van der Waals surface area contributed by atoms with Crippen LogP contribution >= 0.6 is 0 Å². The van der Waals surface area contributed by atoms with Crippen LogP contribution in [0.2, 0.25) is 0 Å². The molecule has 1 aromatic rings. The topological polar surface area (TPSA) is 51.4 Å². The van der Waals surface area contributed by atoms with Crippen LogP contribution in [0.4, 0.5) is 11.5 Å². The average molecular weight is 291 g/mol. The first-order chi connectivity index (χ1) is 9.67. The molecule has 21 heavy (non-hydrogen) atoms. The van der Waals surface area contributed by atoms with E-state index < -0.39 is 0 Å². The van der Waals surface area contributed by atoms with Crippen LogP contribution in [0.5, 0.6) is 5.88 Å². The van der Waals surface area contributed by atoms with Crippen molar-refractivity contribution in [2.75, 3.05) is 17.2 Å². The maximum atomic E-state index is 6.01. The number of nitrogens with zero attached hydrogens (tertiary/aromatic N) is 2. The van der Waals surface area contributed by atoms with Gasteiger partial charge in [0, 0.05) is 12.6 Å². The van der Waals surface area contributed by atoms with Gasteiger partial charge in [-0.15, -0.1) is 0 Å². The maximum absolute atomic E-state index is 6.01. The highest BCUT2D eigenvalue weighted by atomic mass is 16.5. The van der Waals surface area contributed by atoms with Gasteiger partial charge in [-0.05, 0) is 58.1 Å². The van der Waals surface area contributed by atoms with Gasteiger partial charge in [0.05, 0.1) is 5.69 Å². The maximum Gasteiger partial charge on any atom is 0.239 e. The lowest BCUT2D eigenvalue weighted by Crippen LogP contribution is -2.46. The van der Waals surface area contributed by atoms with E-state index in [9.17, 15) is 0 Å². The van der Waals surface area contributed by atoms with Crippen LogP contribution in [0.25, 0.3) is 0 Å². The Balaban J connectivity index is 2.29. The van der Waals surface area contributed by atoms with E-state index in [-0.39, 0.29) is 5.60 Å². The minimum atomic E-state index is -0.298. The summed E-state index contributed by atoms with van der Waals surface area (Å²) in [5.41, 5.74) is 6.31. The molecule has 2 rings (SSSR count). The quantitative estimate of drug-likeness (QED) is 0.902. The minimum Gasteiger partial charge on any atom is -0.470 e. The van der Waals surface area contributed by atoms with E-state index in [2.05, 4.69) is 30.7 Å². The normalized spacial score (nSPS) is 26.8. The average Bonchev–Trinajstić information content (AvgIpc) is 2.35. The summed E-state index contributed by atoms with van der Waals surface area (Å²) in [5, 5.41) is 0. The van der Waals surface area contributed by atoms with E-state index >= 15 is 0 Å². The molecule has 0 saturated carbocycles. The Labute approximate surface area is 128 Å². The predicted octanol–water partition coefficient (Wildman–Crippen LogP) is 3.71. The van der Waals surface area contributed by atoms with Gasteiger partial charge in [0.2, 0.25) is 5.88 Å². The third kappa shape index (κ3) is 3.80. The minimum absolute atomic E-state index is 0.298. The number of pyridine rings is 1. The highest BCUT2D eigenvalue weighted by Gasteiger charge is 2.30. The van der Waals surface area contributed by atoms with Crippen LogP contribution in [-0.4, -0.2) is 23.2 Å². The summed E-state index contributed by atoms with van der Waals surface area (Å²) in [6, 6.07) is 4.39. The second-order valence-corrected chi connectivity index (χ2v) is 7.49. The number of anilines is 2. The number of hydrogen-bond acceptors (Lipinski definition) is 4. The summed E-state index contributed by atoms with van der Waals surface area (Å²) in [6.45, 7) is 14.0. The first kappa shape index (κ1) is 15.9. The van der Waals surface area contributed by atoms with Crippen molar-refractivity contribution < 1.29 is 4.74 Å². The molecule has 4 nitrogen and oxygen atoms in total. The Morgan fingerprint density at radius 2 is 1.90 bits per heavy atom. The first-order valence-corrected chi connectivity index (χ1v) is 7.89. The van der Waals surface area contributed by atoms with Gasteiger partial charge in [-0.1, -0.05) is 13.8 Å². The van der Waals surface area contributed by atoms with Crippen molar-refractivity contribution in [3.8, 4) is 5.88 Å². The van der Waals surface area contributed by atoms with Crippen molar-refractivity contribution in [2.45, 2.75) is 59.6 Å². The fourth-order valence-electron chi connectivity index (χ4n) is 2.99. The summed E-state index contributed by atoms with van der Waals surface area (Å²) in [5.74, 6) is 2.86. The molecular formula is C17H29N3O. The summed E-state index contributed by atoms with van der Waals surface area (Å²) < 4.78 is 5.89. The summed E-state index contributed by atoms with van der Waals surface area (Å²) in [6.07, 6.45) is 1.28. The standard InChI is InChI=1S/C17H29N3O/c1-11-9-12(2)13(3)20(10-11)15-8-7-14(18)16(19-15)21-17(4,5)6/h7-8,11-13H,9-10,18H2,1-6H3. The molecule has 2 N–H and O–H groups in total. The van der Waals surface area contributed by atoms with Crippen LogP contribution in [0.15, 0.2) is 12.1 Å². The van der Waals surface area contributed by atoms with Gasteiger partial charge < -0.3 is 15.4 Å². The van der Waals surface area contributed by atoms with Gasteiger partial charge in [-0.25, -0.2) is 0 Å². The molecule has 1 fully saturated rings. The van der Waals surface area contributed by atoms with Gasteiger partial charge in [-0.3, -0.25) is 0 Å². The molecule has 118 valence electrons. The Bertz CT molecular complexity index is 495. The molecule has 0 aliphatic carbocycles. The van der Waals surface area contributed by atoms with Gasteiger partial charge in [-0.2, -0.15) is 4.98 Å². The first-order valence-electron chi connectivity index (χ1n) is 7.89. The number of rotatable bonds is 2. The van der Waals surface area contributed by atoms with Gasteiger partial charge in [0.25, 0.3) is 0 Å². The predicted molar refractivity (Wildman–Crippen MR) is 88.8 cm³/mol. The Morgan fingerprint density at radius 3 is 2.52 bits per heavy atom. The highest BCUT2D eigenvalue weighted by Crippen LogP contribution is 2.33. The molecule has 1 aromatic heterocycles. The SMILES string of the molecule is CC1CC(C)C(C)N(c2ccc(N)c(OC(C)(C)C)n2)C1. The van der Waals surface area contributed by atoms with Crippen LogP contribution < -0.4 is 15.4 Å². The van der Waals surface area contributed by atoms with Crippen LogP contribution in [0.3, 0.4) is 0 Å². The van der Waals surface area contributed by atoms with E-state index in [1.165, 1.54) is 6.42 Å². The number of ether oxygens (including phenoxy) is 1. The number of piperidine rings is 1. The number of aromatic nitrogens is 1. The van der Waals surface area contributed by atoms with E-state index in [4.69, 9.17) is 10.5 Å². The Morgan fingerprint density at radius 1 is 1.24 bits per heavy atom. The van der Waals surface area contributed by atoms with Gasteiger partial charge in [0.15, 0.2) is 0 Å². The molecule has 0 radical (unpaired) electrons. The lowest BCUT2D eigenvalue weighted by atomic mass is 9.86. The fourth-order valence-corrected chi connectivity index (χ4v) is 2.99. The lowest BCUT2D eigenvalue weighted by Gasteiger charge is -2.42. The molecule has 1 saturated heterocycles. The molecule has 0 amide bonds. The van der Waals surface area contributed by atoms with Crippen molar-refractivity contribution in [3.63, 3.8) is 0 Å². The third-order valence-corrected chi connectivity index (χ3v) is 4.17. The Hall–Kier alpha value is -1.45. The number of nitrogen functional groups attached to an aromatic ring is 1. The zero-order chi connectivity index (χ0) is 15.8. The molecular weight excluding hydrogens is 262 g/mol. The van der Waals surface area contributed by atoms with Crippen molar-refractivity contribution >= 4 is 11.5 Å². The number of hydrogen-bond donors (Lipinski definition) is 1. The second-order valence-electron chi connectivity index (χ2n) is 7.49. The van der Waals surface area contributed by atoms with Crippen molar-refractivity contribution in [2.24, 2.45) is 11.8 Å². The van der Waals surface area contributed by atoms with Crippen LogP contribution in [-0.2, 0) is 0 Å². The monoisotopic (exact) mass is 291 g/mol. The molecule has 0 spiro atoms. The van der Waals surface area contributed by atoms with Crippen molar-refractivity contribution in [1.82, 2.24) is 4.98 Å². The summed E-state index contributed by atoms with van der Waals surface area (Å²) in [4.78, 5) is 7.06. The largest absolute Gasteiger partial charge is 0.470 e. The van der Waals surface area contributed by atoms with E-state index in [1.54, 1.807) is 0 Å². The van der Waals surface area contributed by atoms with E-state index in [0.717, 1.165) is 12.4 Å². The molecule has 0 aromatic carbocycles. The zero-order valence-electron chi connectivity index (χ0n) is 14.2. The Kier molecular flexibility index (Phi) is 4.35. The zero-order valence-corrected chi connectivity index (χ0v) is 14.2. The molecule has 4 heteroatoms. The van der Waals surface area contributed by atoms with Crippen molar-refractivity contribution in [3.05, 3.63) is 12.1 Å². The molecule has 2 heterocycles. The summed E-state index contributed by atoms with van der Waals surface area (Å²) in [7, 11) is 0. The molecule has 0 bridgehead atoms. The van der Waals surface area contributed by atoms with Gasteiger partial charge in [0.1, 0.15) is 11.4 Å². The fraction of sp³-hybridized carbons (Fsp3) is 0.706. The molecule has 1 aliphatic rings. The number of nitrogens with two attached hydrogens (primary N) is 1. The lowest BCUT2D eigenvalue weighted by molar-refractivity contribution is 0.125. The van der Waals surface area contributed by atoms with E-state index in [0.29, 0.717) is 29.4 Å². The van der Waals surface area contributed by atoms with Gasteiger partial charge >= 0.3 is 0 Å². The van der Waals surface area contributed by atoms with Crippen molar-refractivity contribution in [1.29, 1.82) is 0 Å². The molecule has 1 aliphatic heterocycles. The molecule has 3 atom stereocenters. The second kappa shape index (κ2) is 5.74. The summed E-state index contributed by atoms with van der Waals surface area (Å²) >= 11 is 0. The third-order valence-electron chi connectivity index (χ3n) is 4.17. The smallest absolute Gasteiger partial charge is 0.239 e. The van der Waals surface area contributed by atoms with E-state index in [1.807, 2.05) is 32.9 Å². The highest BCUT2D eigenvalue weighted by molar-refractivity contribution is 5.55. The van der Waals surface area contributed by atoms with Crippen LogP contribution in [0, 0.1) is 11.8 Å².